The Kier molecular flexibility index (Phi) is 4.18. The van der Waals surface area contributed by atoms with Crippen molar-refractivity contribution >= 4 is 17.7 Å². The highest BCUT2D eigenvalue weighted by molar-refractivity contribution is 6.00. The van der Waals surface area contributed by atoms with E-state index in [0.29, 0.717) is 12.8 Å². The van der Waals surface area contributed by atoms with Gasteiger partial charge in [-0.1, -0.05) is 0 Å². The molecule has 1 aromatic rings. The lowest BCUT2D eigenvalue weighted by Gasteiger charge is -2.47. The molecule has 1 spiro atoms. The number of carboxylic acid groups (broad SMARTS) is 1. The molecule has 2 amide bonds. The van der Waals surface area contributed by atoms with E-state index in [1.165, 1.54) is 29.0 Å². The largest absolute Gasteiger partial charge is 0.465 e. The Hall–Kier alpha value is -2.84. The van der Waals surface area contributed by atoms with E-state index in [4.69, 9.17) is 14.7 Å². The highest BCUT2D eigenvalue weighted by atomic mass is 19.4. The zero-order valence-electron chi connectivity index (χ0n) is 17.2. The lowest BCUT2D eigenvalue weighted by Crippen LogP contribution is -2.61. The molecule has 5 rings (SSSR count). The number of halogens is 3. The summed E-state index contributed by atoms with van der Waals surface area (Å²) in [5.41, 5.74) is -3.59. The molecule has 0 radical (unpaired) electrons. The second-order valence-corrected chi connectivity index (χ2v) is 9.05. The molecule has 4 aliphatic rings. The molecular weight excluding hydrogens is 431 g/mol. The van der Waals surface area contributed by atoms with E-state index in [1.54, 1.807) is 6.92 Å². The highest BCUT2D eigenvalue weighted by Gasteiger charge is 2.79. The van der Waals surface area contributed by atoms with Gasteiger partial charge in [0.1, 0.15) is 6.23 Å². The summed E-state index contributed by atoms with van der Waals surface area (Å²) in [6, 6.07) is 4.19. The number of benzene rings is 1. The summed E-state index contributed by atoms with van der Waals surface area (Å²) in [6.07, 6.45) is -6.08. The van der Waals surface area contributed by atoms with Crippen molar-refractivity contribution in [2.45, 2.75) is 49.4 Å². The molecule has 0 aliphatic carbocycles. The molecule has 4 saturated heterocycles. The van der Waals surface area contributed by atoms with Gasteiger partial charge < -0.3 is 19.5 Å². The smallest absolute Gasteiger partial charge is 0.417 e. The summed E-state index contributed by atoms with van der Waals surface area (Å²) < 4.78 is 52.9. The Labute approximate surface area is 181 Å². The quantitative estimate of drug-likeness (QED) is 0.742. The van der Waals surface area contributed by atoms with Crippen LogP contribution in [0.5, 0.6) is 0 Å². The molecule has 0 aromatic heterocycles. The van der Waals surface area contributed by atoms with Crippen LogP contribution < -0.4 is 4.90 Å². The number of nitriles is 1. The standard InChI is InChI=1S/C21H20F3N3O5/c1-19-8-13(26(2)18(29)30)20(32-19)5-6-31-17-15(20)14(19)16(28)27(17)11-4-3-10(9-25)12(7-11)21(22,23)24/h3-4,7,13-15,17H,5-6,8H2,1-2H3,(H,29,30)/t13-,14-,15+,17+,19-,20+/m1/s1. The van der Waals surface area contributed by atoms with E-state index in [0.717, 1.165) is 12.1 Å². The third-order valence-electron chi connectivity index (χ3n) is 7.49. The molecule has 32 heavy (non-hydrogen) atoms. The van der Waals surface area contributed by atoms with Crippen LogP contribution in [0.25, 0.3) is 0 Å². The van der Waals surface area contributed by atoms with Gasteiger partial charge in [-0.05, 0) is 25.1 Å². The number of likely N-dealkylation sites (N-methyl/N-ethyl adjacent to an activating group) is 1. The summed E-state index contributed by atoms with van der Waals surface area (Å²) in [5, 5.41) is 18.6. The van der Waals surface area contributed by atoms with Crippen molar-refractivity contribution in [1.29, 1.82) is 5.26 Å². The van der Waals surface area contributed by atoms with Crippen molar-refractivity contribution in [3.63, 3.8) is 0 Å². The zero-order chi connectivity index (χ0) is 23.2. The number of hydrogen-bond donors (Lipinski definition) is 1. The molecular formula is C21H20F3N3O5. The van der Waals surface area contributed by atoms with Crippen molar-refractivity contribution in [3.8, 4) is 6.07 Å². The van der Waals surface area contributed by atoms with Gasteiger partial charge in [-0.2, -0.15) is 18.4 Å². The lowest BCUT2D eigenvalue weighted by atomic mass is 9.63. The zero-order valence-corrected chi connectivity index (χ0v) is 17.2. The Balaban J connectivity index is 1.60. The molecule has 2 bridgehead atoms. The van der Waals surface area contributed by atoms with Crippen molar-refractivity contribution in [3.05, 3.63) is 29.3 Å². The average molecular weight is 451 g/mol. The minimum absolute atomic E-state index is 0.0103. The maximum atomic E-state index is 13.5. The topological polar surface area (TPSA) is 103 Å². The van der Waals surface area contributed by atoms with Crippen LogP contribution in [0.1, 0.15) is 30.9 Å². The predicted octanol–water partition coefficient (Wildman–Crippen LogP) is 2.81. The fraction of sp³-hybridized carbons (Fsp3) is 0.571. The number of anilines is 1. The van der Waals surface area contributed by atoms with Crippen molar-refractivity contribution in [2.75, 3.05) is 18.6 Å². The van der Waals surface area contributed by atoms with Gasteiger partial charge in [0.05, 0.1) is 52.9 Å². The maximum Gasteiger partial charge on any atom is 0.417 e. The SMILES string of the molecule is CN(C(=O)O)[C@@H]1C[C@@]2(C)O[C@@]13CCO[C@H]1[C@@H]3[C@@H]2C(=O)N1c1ccc(C#N)c(C(F)(F)F)c1. The van der Waals surface area contributed by atoms with Crippen LogP contribution in [0.2, 0.25) is 0 Å². The molecule has 6 atom stereocenters. The summed E-state index contributed by atoms with van der Waals surface area (Å²) in [6.45, 7) is 1.92. The number of hydrogen-bond acceptors (Lipinski definition) is 5. The number of nitrogens with zero attached hydrogens (tertiary/aromatic N) is 3. The lowest BCUT2D eigenvalue weighted by molar-refractivity contribution is -0.151. The van der Waals surface area contributed by atoms with E-state index >= 15 is 0 Å². The monoisotopic (exact) mass is 451 g/mol. The van der Waals surface area contributed by atoms with Crippen LogP contribution in [0.3, 0.4) is 0 Å². The first-order valence-electron chi connectivity index (χ1n) is 10.2. The van der Waals surface area contributed by atoms with E-state index in [2.05, 4.69) is 0 Å². The Morgan fingerprint density at radius 3 is 2.75 bits per heavy atom. The number of fused-ring (bicyclic) bond motifs is 2. The van der Waals surface area contributed by atoms with Gasteiger partial charge in [0, 0.05) is 25.6 Å². The Morgan fingerprint density at radius 2 is 2.12 bits per heavy atom. The summed E-state index contributed by atoms with van der Waals surface area (Å²) in [4.78, 5) is 27.6. The molecule has 170 valence electrons. The molecule has 1 N–H and O–H groups in total. The molecule has 0 unspecified atom stereocenters. The van der Waals surface area contributed by atoms with Crippen LogP contribution in [0.15, 0.2) is 18.2 Å². The van der Waals surface area contributed by atoms with Crippen LogP contribution >= 0.6 is 0 Å². The van der Waals surface area contributed by atoms with Gasteiger partial charge in [0.2, 0.25) is 5.91 Å². The summed E-state index contributed by atoms with van der Waals surface area (Å²) in [7, 11) is 1.46. The van der Waals surface area contributed by atoms with Gasteiger partial charge in [0.15, 0.2) is 0 Å². The Bertz CT molecular complexity index is 1070. The number of carbonyl (C=O) groups excluding carboxylic acids is 1. The molecule has 4 fully saturated rings. The number of amides is 2. The van der Waals surface area contributed by atoms with Crippen molar-refractivity contribution in [1.82, 2.24) is 4.90 Å². The third kappa shape index (κ3) is 2.50. The number of rotatable bonds is 2. The second-order valence-electron chi connectivity index (χ2n) is 9.05. The van der Waals surface area contributed by atoms with Crippen LogP contribution in [-0.2, 0) is 20.4 Å². The predicted molar refractivity (Wildman–Crippen MR) is 101 cm³/mol. The van der Waals surface area contributed by atoms with Crippen LogP contribution in [0, 0.1) is 23.2 Å². The summed E-state index contributed by atoms with van der Waals surface area (Å²) >= 11 is 0. The van der Waals surface area contributed by atoms with E-state index in [-0.39, 0.29) is 12.3 Å². The molecule has 1 aromatic carbocycles. The van der Waals surface area contributed by atoms with Gasteiger partial charge in [-0.25, -0.2) is 4.79 Å². The molecule has 11 heteroatoms. The minimum Gasteiger partial charge on any atom is -0.465 e. The van der Waals surface area contributed by atoms with E-state index in [9.17, 15) is 27.9 Å². The average Bonchev–Trinajstić information content (AvgIpc) is 3.30. The van der Waals surface area contributed by atoms with Crippen molar-refractivity contribution < 1.29 is 37.3 Å². The van der Waals surface area contributed by atoms with E-state index in [1.807, 2.05) is 0 Å². The first-order valence-corrected chi connectivity index (χ1v) is 10.2. The van der Waals surface area contributed by atoms with Gasteiger partial charge in [0.25, 0.3) is 0 Å². The highest BCUT2D eigenvalue weighted by Crippen LogP contribution is 2.66. The van der Waals surface area contributed by atoms with Gasteiger partial charge >= 0.3 is 12.3 Å². The summed E-state index contributed by atoms with van der Waals surface area (Å²) in [5.74, 6) is -1.61. The van der Waals surface area contributed by atoms with Crippen LogP contribution in [-0.4, -0.2) is 59.1 Å². The second kappa shape index (κ2) is 6.36. The first-order chi connectivity index (χ1) is 14.9. The molecule has 4 aliphatic heterocycles. The van der Waals surface area contributed by atoms with E-state index < -0.39 is 64.6 Å². The fourth-order valence-corrected chi connectivity index (χ4v) is 6.29. The minimum atomic E-state index is -4.77. The molecule has 4 heterocycles. The number of ether oxygens (including phenoxy) is 2. The first kappa shape index (κ1) is 21.0. The Morgan fingerprint density at radius 1 is 1.41 bits per heavy atom. The third-order valence-corrected chi connectivity index (χ3v) is 7.49. The van der Waals surface area contributed by atoms with Crippen LogP contribution in [0.4, 0.5) is 23.7 Å². The molecule has 0 saturated carbocycles. The van der Waals surface area contributed by atoms with Crippen molar-refractivity contribution in [2.24, 2.45) is 11.8 Å². The number of alkyl halides is 3. The van der Waals surface area contributed by atoms with Gasteiger partial charge in [-0.15, -0.1) is 0 Å². The maximum absolute atomic E-state index is 13.5. The fourth-order valence-electron chi connectivity index (χ4n) is 6.29. The molecule has 8 nitrogen and oxygen atoms in total. The number of carbonyl (C=O) groups is 2. The van der Waals surface area contributed by atoms with Gasteiger partial charge in [-0.3, -0.25) is 9.69 Å². The normalized spacial score (nSPS) is 37.4.